The third kappa shape index (κ3) is 3.93. The molecule has 7 nitrogen and oxygen atoms in total. The number of ether oxygens (including phenoxy) is 1. The number of amides is 2. The lowest BCUT2D eigenvalue weighted by molar-refractivity contribution is -0.146. The van der Waals surface area contributed by atoms with Crippen molar-refractivity contribution in [1.29, 1.82) is 0 Å². The topological polar surface area (TPSA) is 95.9 Å². The number of benzene rings is 3. The fraction of sp³-hybridized carbons (Fsp3) is 0.192. The molecule has 0 spiro atoms. The molecule has 5 rings (SSSR count). The Bertz CT molecular complexity index is 1200. The molecule has 2 amide bonds. The molecule has 2 N–H and O–H groups in total. The molecule has 0 aromatic heterocycles. The van der Waals surface area contributed by atoms with Crippen molar-refractivity contribution in [2.45, 2.75) is 5.92 Å². The number of carbonyl (C=O) groups is 3. The number of hydrogen-bond donors (Lipinski definition) is 2. The molecule has 1 aliphatic heterocycles. The summed E-state index contributed by atoms with van der Waals surface area (Å²) >= 11 is 0. The van der Waals surface area contributed by atoms with Crippen LogP contribution in [0.15, 0.2) is 72.8 Å². The van der Waals surface area contributed by atoms with Gasteiger partial charge in [0.05, 0.1) is 5.92 Å². The van der Waals surface area contributed by atoms with Crippen LogP contribution in [0.4, 0.5) is 10.5 Å². The highest BCUT2D eigenvalue weighted by atomic mass is 16.5. The number of rotatable bonds is 5. The van der Waals surface area contributed by atoms with Gasteiger partial charge in [0.15, 0.2) is 0 Å². The molecule has 1 saturated heterocycles. The molecule has 0 unspecified atom stereocenters. The second-order valence-corrected chi connectivity index (χ2v) is 8.28. The van der Waals surface area contributed by atoms with Crippen LogP contribution in [-0.2, 0) is 9.53 Å². The van der Waals surface area contributed by atoms with Crippen molar-refractivity contribution in [2.75, 3.05) is 25.0 Å². The van der Waals surface area contributed by atoms with E-state index in [1.165, 1.54) is 4.90 Å². The lowest BCUT2D eigenvalue weighted by Crippen LogP contribution is -2.53. The van der Waals surface area contributed by atoms with Crippen molar-refractivity contribution in [3.05, 3.63) is 89.5 Å². The van der Waals surface area contributed by atoms with Crippen LogP contribution in [-0.4, -0.2) is 47.7 Å². The van der Waals surface area contributed by atoms with Crippen LogP contribution >= 0.6 is 0 Å². The maximum absolute atomic E-state index is 12.6. The molecule has 3 aromatic carbocycles. The lowest BCUT2D eigenvalue weighted by Gasteiger charge is -2.36. The first-order valence-corrected chi connectivity index (χ1v) is 10.8. The standard InChI is InChI=1S/C26H22N2O5/c29-24(28-13-17(14-28)25(30)31)16-6-5-7-18(12-16)27-26(32)33-15-23-21-10-3-1-8-19(21)20-9-2-4-11-22(20)23/h1-12,17,23H,13-15H2,(H,27,32)(H,30,31). The quantitative estimate of drug-likeness (QED) is 0.617. The first-order valence-electron chi connectivity index (χ1n) is 10.8. The van der Waals surface area contributed by atoms with Gasteiger partial charge in [-0.05, 0) is 40.5 Å². The summed E-state index contributed by atoms with van der Waals surface area (Å²) in [5.74, 6) is -1.71. The largest absolute Gasteiger partial charge is 0.481 e. The fourth-order valence-corrected chi connectivity index (χ4v) is 4.47. The van der Waals surface area contributed by atoms with E-state index in [9.17, 15) is 14.4 Å². The molecule has 0 radical (unpaired) electrons. The highest BCUT2D eigenvalue weighted by molar-refractivity contribution is 5.97. The highest BCUT2D eigenvalue weighted by Gasteiger charge is 2.36. The first-order chi connectivity index (χ1) is 16.0. The van der Waals surface area contributed by atoms with E-state index in [2.05, 4.69) is 29.6 Å². The summed E-state index contributed by atoms with van der Waals surface area (Å²) in [6, 6.07) is 22.8. The van der Waals surface area contributed by atoms with Crippen LogP contribution in [0.3, 0.4) is 0 Å². The Morgan fingerprint density at radius 1 is 0.909 bits per heavy atom. The molecule has 0 saturated carbocycles. The van der Waals surface area contributed by atoms with Crippen LogP contribution in [0.1, 0.15) is 27.4 Å². The third-order valence-corrected chi connectivity index (χ3v) is 6.22. The van der Waals surface area contributed by atoms with E-state index >= 15 is 0 Å². The third-order valence-electron chi connectivity index (χ3n) is 6.22. The molecule has 7 heteroatoms. The maximum Gasteiger partial charge on any atom is 0.411 e. The first kappa shape index (κ1) is 20.8. The lowest BCUT2D eigenvalue weighted by atomic mass is 9.98. The van der Waals surface area contributed by atoms with Crippen molar-refractivity contribution in [2.24, 2.45) is 5.92 Å². The van der Waals surface area contributed by atoms with Crippen LogP contribution in [0.5, 0.6) is 0 Å². The maximum atomic E-state index is 12.6. The molecule has 1 heterocycles. The van der Waals surface area contributed by atoms with Gasteiger partial charge >= 0.3 is 12.1 Å². The van der Waals surface area contributed by atoms with Gasteiger partial charge in [-0.3, -0.25) is 14.9 Å². The molecule has 0 atom stereocenters. The number of carboxylic acids is 1. The summed E-state index contributed by atoms with van der Waals surface area (Å²) in [4.78, 5) is 37.5. The smallest absolute Gasteiger partial charge is 0.411 e. The number of anilines is 1. The van der Waals surface area contributed by atoms with Crippen LogP contribution in [0.2, 0.25) is 0 Å². The summed E-state index contributed by atoms with van der Waals surface area (Å²) in [7, 11) is 0. The van der Waals surface area contributed by atoms with Gasteiger partial charge in [0.1, 0.15) is 6.61 Å². The molecular formula is C26H22N2O5. The van der Waals surface area contributed by atoms with E-state index < -0.39 is 18.0 Å². The van der Waals surface area contributed by atoms with Gasteiger partial charge in [-0.1, -0.05) is 54.6 Å². The number of likely N-dealkylation sites (tertiary alicyclic amines) is 1. The van der Waals surface area contributed by atoms with E-state index in [0.29, 0.717) is 11.3 Å². The zero-order valence-corrected chi connectivity index (χ0v) is 17.7. The number of aliphatic carboxylic acids is 1. The van der Waals surface area contributed by atoms with Crippen LogP contribution in [0, 0.1) is 5.92 Å². The molecule has 1 fully saturated rings. The van der Waals surface area contributed by atoms with Crippen LogP contribution in [0.25, 0.3) is 11.1 Å². The number of carbonyl (C=O) groups excluding carboxylic acids is 2. The summed E-state index contributed by atoms with van der Waals surface area (Å²) < 4.78 is 5.55. The van der Waals surface area contributed by atoms with Gasteiger partial charge in [0.25, 0.3) is 5.91 Å². The summed E-state index contributed by atoms with van der Waals surface area (Å²) in [6.07, 6.45) is -0.601. The van der Waals surface area contributed by atoms with Crippen molar-refractivity contribution in [1.82, 2.24) is 4.90 Å². The summed E-state index contributed by atoms with van der Waals surface area (Å²) in [5, 5.41) is 11.7. The summed E-state index contributed by atoms with van der Waals surface area (Å²) in [5.41, 5.74) is 5.40. The van der Waals surface area contributed by atoms with Gasteiger partial charge in [-0.15, -0.1) is 0 Å². The average Bonchev–Trinajstić information content (AvgIpc) is 3.10. The van der Waals surface area contributed by atoms with Crippen molar-refractivity contribution in [3.63, 3.8) is 0 Å². The normalized spacial score (nSPS) is 14.7. The Morgan fingerprint density at radius 3 is 2.18 bits per heavy atom. The Labute approximate surface area is 190 Å². The Kier molecular flexibility index (Phi) is 5.30. The van der Waals surface area contributed by atoms with E-state index in [0.717, 1.165) is 22.3 Å². The monoisotopic (exact) mass is 442 g/mol. The molecular weight excluding hydrogens is 420 g/mol. The van der Waals surface area contributed by atoms with Gasteiger partial charge in [0, 0.05) is 30.3 Å². The SMILES string of the molecule is O=C(Nc1cccc(C(=O)N2CC(C(=O)O)C2)c1)OCC1c2ccccc2-c2ccccc21. The number of fused-ring (bicyclic) bond motifs is 3. The van der Waals surface area contributed by atoms with E-state index in [1.807, 2.05) is 24.3 Å². The second-order valence-electron chi connectivity index (χ2n) is 8.28. The fourth-order valence-electron chi connectivity index (χ4n) is 4.47. The minimum Gasteiger partial charge on any atom is -0.481 e. The van der Waals surface area contributed by atoms with Gasteiger partial charge < -0.3 is 14.7 Å². The van der Waals surface area contributed by atoms with Gasteiger partial charge in [-0.25, -0.2) is 4.79 Å². The molecule has 0 bridgehead atoms. The van der Waals surface area contributed by atoms with Crippen molar-refractivity contribution in [3.8, 4) is 11.1 Å². The zero-order valence-electron chi connectivity index (χ0n) is 17.7. The molecule has 1 aliphatic carbocycles. The predicted molar refractivity (Wildman–Crippen MR) is 122 cm³/mol. The number of nitrogens with zero attached hydrogens (tertiary/aromatic N) is 1. The number of nitrogens with one attached hydrogen (secondary N) is 1. The van der Waals surface area contributed by atoms with Gasteiger partial charge in [-0.2, -0.15) is 0 Å². The summed E-state index contributed by atoms with van der Waals surface area (Å²) in [6.45, 7) is 0.583. The second kappa shape index (κ2) is 8.43. The van der Waals surface area contributed by atoms with E-state index in [-0.39, 0.29) is 31.5 Å². The average molecular weight is 442 g/mol. The number of hydrogen-bond acceptors (Lipinski definition) is 4. The Hall–Kier alpha value is -4.13. The van der Waals surface area contributed by atoms with E-state index in [4.69, 9.17) is 9.84 Å². The van der Waals surface area contributed by atoms with Crippen molar-refractivity contribution < 1.29 is 24.2 Å². The van der Waals surface area contributed by atoms with Crippen molar-refractivity contribution >= 4 is 23.7 Å². The highest BCUT2D eigenvalue weighted by Crippen LogP contribution is 2.44. The minimum absolute atomic E-state index is 0.0374. The van der Waals surface area contributed by atoms with E-state index in [1.54, 1.807) is 24.3 Å². The minimum atomic E-state index is -0.898. The predicted octanol–water partition coefficient (Wildman–Crippen LogP) is 4.20. The molecule has 2 aliphatic rings. The zero-order chi connectivity index (χ0) is 22.9. The molecule has 3 aromatic rings. The van der Waals surface area contributed by atoms with Gasteiger partial charge in [0.2, 0.25) is 0 Å². The Balaban J connectivity index is 1.22. The molecule has 166 valence electrons. The Morgan fingerprint density at radius 2 is 1.55 bits per heavy atom. The molecule has 33 heavy (non-hydrogen) atoms. The van der Waals surface area contributed by atoms with Crippen LogP contribution < -0.4 is 5.32 Å². The number of carboxylic acid groups (broad SMARTS) is 1.